The summed E-state index contributed by atoms with van der Waals surface area (Å²) in [6, 6.07) is 0.839. The van der Waals surface area contributed by atoms with E-state index in [9.17, 15) is 23.1 Å². The van der Waals surface area contributed by atoms with E-state index in [1.165, 1.54) is 6.92 Å². The molecule has 0 saturated carbocycles. The Morgan fingerprint density at radius 3 is 2.56 bits per heavy atom. The van der Waals surface area contributed by atoms with Gasteiger partial charge in [0.15, 0.2) is 4.90 Å². The molecule has 0 atom stereocenters. The van der Waals surface area contributed by atoms with Gasteiger partial charge in [0.05, 0.1) is 0 Å². The Kier molecular flexibility index (Phi) is 3.58. The van der Waals surface area contributed by atoms with Crippen molar-refractivity contribution in [2.75, 3.05) is 5.43 Å². The zero-order valence-electron chi connectivity index (χ0n) is 9.24. The first-order valence-corrected chi connectivity index (χ1v) is 5.99. The van der Waals surface area contributed by atoms with Crippen LogP contribution in [0.3, 0.4) is 0 Å². The summed E-state index contributed by atoms with van der Waals surface area (Å²) in [4.78, 5) is 21.6. The molecule has 1 aromatic heterocycles. The summed E-state index contributed by atoms with van der Waals surface area (Å²) < 4.78 is 31.3. The van der Waals surface area contributed by atoms with Crippen LogP contribution in [0.15, 0.2) is 28.4 Å². The maximum atomic E-state index is 11.5. The molecule has 0 bridgehead atoms. The first-order chi connectivity index (χ1) is 8.18. The molecule has 0 aliphatic rings. The van der Waals surface area contributed by atoms with Crippen LogP contribution in [0, 0.1) is 6.92 Å². The highest BCUT2D eigenvalue weighted by Crippen LogP contribution is 2.23. The summed E-state index contributed by atoms with van der Waals surface area (Å²) in [6.07, 6.45) is 0.818. The highest BCUT2D eigenvalue weighted by molar-refractivity contribution is 7.86. The second kappa shape index (κ2) is 4.63. The number of aromatic hydroxyl groups is 1. The van der Waals surface area contributed by atoms with Crippen molar-refractivity contribution in [3.05, 3.63) is 34.6 Å². The van der Waals surface area contributed by atoms with Crippen molar-refractivity contribution in [2.45, 2.75) is 11.8 Å². The number of aromatic nitrogens is 1. The van der Waals surface area contributed by atoms with Crippen LogP contribution in [0.5, 0.6) is 5.88 Å². The van der Waals surface area contributed by atoms with E-state index in [-0.39, 0.29) is 5.56 Å². The van der Waals surface area contributed by atoms with E-state index < -0.39 is 32.4 Å². The van der Waals surface area contributed by atoms with Crippen LogP contribution in [-0.4, -0.2) is 28.7 Å². The fourth-order valence-corrected chi connectivity index (χ4v) is 2.07. The summed E-state index contributed by atoms with van der Waals surface area (Å²) in [6.45, 7) is 4.34. The first kappa shape index (κ1) is 13.9. The zero-order chi connectivity index (χ0) is 14.1. The molecule has 0 unspecified atom stereocenters. The van der Waals surface area contributed by atoms with Crippen LogP contribution in [0.4, 0.5) is 0 Å². The largest absolute Gasteiger partial charge is 0.492 e. The average Bonchev–Trinajstić information content (AvgIpc) is 2.21. The van der Waals surface area contributed by atoms with E-state index in [1.807, 2.05) is 5.43 Å². The van der Waals surface area contributed by atoms with E-state index in [0.29, 0.717) is 4.68 Å². The Morgan fingerprint density at radius 2 is 2.11 bits per heavy atom. The van der Waals surface area contributed by atoms with Crippen LogP contribution in [-0.2, 0) is 14.9 Å². The number of carbonyl (C=O) groups excluding carboxylic acids is 1. The van der Waals surface area contributed by atoms with E-state index in [4.69, 9.17) is 4.55 Å². The van der Waals surface area contributed by atoms with Gasteiger partial charge in [0, 0.05) is 6.07 Å². The van der Waals surface area contributed by atoms with Crippen LogP contribution in [0.1, 0.15) is 5.56 Å². The molecule has 9 heteroatoms. The Labute approximate surface area is 102 Å². The van der Waals surface area contributed by atoms with Crippen LogP contribution < -0.4 is 11.0 Å². The predicted octanol–water partition coefficient (Wildman–Crippen LogP) is -0.635. The lowest BCUT2D eigenvalue weighted by Crippen LogP contribution is -2.33. The normalized spacial score (nSPS) is 11.0. The fourth-order valence-electron chi connectivity index (χ4n) is 1.28. The fraction of sp³-hybridized carbons (Fsp3) is 0.111. The molecule has 1 rings (SSSR count). The van der Waals surface area contributed by atoms with Gasteiger partial charge in [-0.2, -0.15) is 13.1 Å². The molecule has 18 heavy (non-hydrogen) atoms. The number of hydrogen-bond donors (Lipinski definition) is 3. The Hall–Kier alpha value is -2.13. The molecule has 0 spiro atoms. The van der Waals surface area contributed by atoms with E-state index >= 15 is 0 Å². The predicted molar refractivity (Wildman–Crippen MR) is 61.5 cm³/mol. The van der Waals surface area contributed by atoms with Gasteiger partial charge >= 0.3 is 0 Å². The van der Waals surface area contributed by atoms with Crippen molar-refractivity contribution in [3.8, 4) is 5.88 Å². The lowest BCUT2D eigenvalue weighted by molar-refractivity contribution is -0.112. The maximum Gasteiger partial charge on any atom is 0.300 e. The molecule has 1 amide bonds. The molecule has 0 radical (unpaired) electrons. The molecule has 0 aliphatic heterocycles. The average molecular weight is 274 g/mol. The van der Waals surface area contributed by atoms with E-state index in [1.54, 1.807) is 0 Å². The quantitative estimate of drug-likeness (QED) is 0.497. The van der Waals surface area contributed by atoms with Gasteiger partial charge in [0.2, 0.25) is 5.88 Å². The summed E-state index contributed by atoms with van der Waals surface area (Å²) >= 11 is 0. The topological polar surface area (TPSA) is 126 Å². The third kappa shape index (κ3) is 2.57. The van der Waals surface area contributed by atoms with E-state index in [2.05, 4.69) is 6.58 Å². The first-order valence-electron chi connectivity index (χ1n) is 4.55. The van der Waals surface area contributed by atoms with Gasteiger partial charge in [0.1, 0.15) is 0 Å². The molecule has 0 aliphatic carbocycles. The summed E-state index contributed by atoms with van der Waals surface area (Å²) in [7, 11) is -4.73. The minimum absolute atomic E-state index is 0.149. The van der Waals surface area contributed by atoms with Crippen molar-refractivity contribution in [1.29, 1.82) is 0 Å². The van der Waals surface area contributed by atoms with Gasteiger partial charge in [-0.25, -0.2) is 0 Å². The Morgan fingerprint density at radius 1 is 1.56 bits per heavy atom. The van der Waals surface area contributed by atoms with Gasteiger partial charge in [-0.15, -0.1) is 0 Å². The highest BCUT2D eigenvalue weighted by atomic mass is 32.2. The van der Waals surface area contributed by atoms with Crippen LogP contribution in [0.2, 0.25) is 0 Å². The van der Waals surface area contributed by atoms with Gasteiger partial charge < -0.3 is 5.11 Å². The number of pyridine rings is 1. The van der Waals surface area contributed by atoms with Gasteiger partial charge in [-0.1, -0.05) is 6.58 Å². The third-order valence-corrected chi connectivity index (χ3v) is 3.02. The highest BCUT2D eigenvalue weighted by Gasteiger charge is 2.23. The van der Waals surface area contributed by atoms with Gasteiger partial charge in [0.25, 0.3) is 21.6 Å². The van der Waals surface area contributed by atoms with Gasteiger partial charge in [-0.3, -0.25) is 19.6 Å². The maximum absolute atomic E-state index is 11.5. The summed E-state index contributed by atoms with van der Waals surface area (Å²) in [5, 5.41) is 9.61. The standard InChI is InChI=1S/C9H10N2O6S/c1-3-6(12)10-11-7(13)4-5(2)8(9(11)14)18(15,16)17/h3-4,14H,1H2,2H3,(H,10,12)(H,15,16,17). The third-order valence-electron chi connectivity index (χ3n) is 2.00. The Bertz CT molecular complexity index is 673. The second-order valence-corrected chi connectivity index (χ2v) is 4.67. The monoisotopic (exact) mass is 274 g/mol. The lowest BCUT2D eigenvalue weighted by atomic mass is 10.3. The number of hydrogen-bond acceptors (Lipinski definition) is 5. The molecule has 1 heterocycles. The molecule has 3 N–H and O–H groups in total. The number of amides is 1. The number of nitrogens with one attached hydrogen (secondary N) is 1. The minimum Gasteiger partial charge on any atom is -0.492 e. The molecular weight excluding hydrogens is 264 g/mol. The van der Waals surface area contributed by atoms with Crippen LogP contribution >= 0.6 is 0 Å². The van der Waals surface area contributed by atoms with Crippen molar-refractivity contribution < 1.29 is 22.9 Å². The van der Waals surface area contributed by atoms with Crippen molar-refractivity contribution in [1.82, 2.24) is 4.68 Å². The number of aryl methyl sites for hydroxylation is 1. The molecule has 1 aromatic rings. The van der Waals surface area contributed by atoms with Crippen molar-refractivity contribution in [3.63, 3.8) is 0 Å². The molecule has 8 nitrogen and oxygen atoms in total. The molecular formula is C9H10N2O6S. The SMILES string of the molecule is C=CC(=O)Nn1c(O)c(S(=O)(=O)O)c(C)cc1=O. The molecule has 0 saturated heterocycles. The Balaban J connectivity index is 3.60. The van der Waals surface area contributed by atoms with E-state index in [0.717, 1.165) is 12.1 Å². The van der Waals surface area contributed by atoms with Gasteiger partial charge in [-0.05, 0) is 18.6 Å². The molecule has 98 valence electrons. The zero-order valence-corrected chi connectivity index (χ0v) is 10.1. The van der Waals surface area contributed by atoms with Crippen molar-refractivity contribution >= 4 is 16.0 Å². The number of nitrogens with zero attached hydrogens (tertiary/aromatic N) is 1. The summed E-state index contributed by atoms with van der Waals surface area (Å²) in [5.74, 6) is -1.92. The number of rotatable bonds is 3. The van der Waals surface area contributed by atoms with Crippen molar-refractivity contribution in [2.24, 2.45) is 0 Å². The second-order valence-electron chi connectivity index (χ2n) is 3.31. The molecule has 0 fully saturated rings. The minimum atomic E-state index is -4.73. The van der Waals surface area contributed by atoms with Crippen LogP contribution in [0.25, 0.3) is 0 Å². The summed E-state index contributed by atoms with van der Waals surface area (Å²) in [5.41, 5.74) is 0.873. The smallest absolute Gasteiger partial charge is 0.300 e. The number of carbonyl (C=O) groups is 1. The lowest BCUT2D eigenvalue weighted by Gasteiger charge is -2.12. The molecule has 0 aromatic carbocycles.